The van der Waals surface area contributed by atoms with Crippen LogP contribution in [0.3, 0.4) is 0 Å². The van der Waals surface area contributed by atoms with E-state index >= 15 is 0 Å². The van der Waals surface area contributed by atoms with Crippen LogP contribution in [0.4, 0.5) is 18.9 Å². The maximum atomic E-state index is 12.6. The van der Waals surface area contributed by atoms with E-state index in [-0.39, 0.29) is 11.7 Å². The number of thiophene rings is 1. The molecule has 1 heterocycles. The lowest BCUT2D eigenvalue weighted by atomic mass is 9.99. The average molecular weight is 403 g/mol. The highest BCUT2D eigenvalue weighted by Crippen LogP contribution is 2.31. The molecule has 0 saturated heterocycles. The van der Waals surface area contributed by atoms with Gasteiger partial charge in [-0.15, -0.1) is 11.3 Å². The number of carbonyl (C=O) groups excluding carboxylic acids is 1. The minimum atomic E-state index is -4.39. The van der Waals surface area contributed by atoms with Crippen LogP contribution in [0.1, 0.15) is 15.2 Å². The third kappa shape index (κ3) is 4.48. The van der Waals surface area contributed by atoms with Crippen molar-refractivity contribution in [2.45, 2.75) is 6.18 Å². The number of rotatable bonds is 5. The van der Waals surface area contributed by atoms with E-state index < -0.39 is 11.7 Å². The van der Waals surface area contributed by atoms with Gasteiger partial charge in [-0.1, -0.05) is 0 Å². The summed E-state index contributed by atoms with van der Waals surface area (Å²) in [5, 5.41) is 4.34. The van der Waals surface area contributed by atoms with E-state index in [0.29, 0.717) is 27.5 Å². The number of carbonyl (C=O) groups is 1. The average Bonchev–Trinajstić information content (AvgIpc) is 3.04. The molecule has 0 aliphatic carbocycles. The predicted molar refractivity (Wildman–Crippen MR) is 102 cm³/mol. The van der Waals surface area contributed by atoms with E-state index in [0.717, 1.165) is 12.1 Å². The largest absolute Gasteiger partial charge is 0.496 e. The van der Waals surface area contributed by atoms with Gasteiger partial charge in [0.2, 0.25) is 0 Å². The van der Waals surface area contributed by atoms with E-state index in [1.807, 2.05) is 0 Å². The zero-order valence-electron chi connectivity index (χ0n) is 14.5. The van der Waals surface area contributed by atoms with Gasteiger partial charge >= 0.3 is 6.18 Å². The molecule has 0 bridgehead atoms. The Balaban J connectivity index is 1.65. The number of hydrogen-bond donors (Lipinski definition) is 1. The zero-order valence-corrected chi connectivity index (χ0v) is 15.4. The number of alkyl halides is 3. The molecule has 3 rings (SSSR count). The summed E-state index contributed by atoms with van der Waals surface area (Å²) in [5.41, 5.74) is 0.152. The molecule has 2 aromatic carbocycles. The van der Waals surface area contributed by atoms with Crippen LogP contribution in [0.25, 0.3) is 0 Å². The second-order valence-electron chi connectivity index (χ2n) is 5.66. The molecule has 142 valence electrons. The molecule has 0 spiro atoms. The number of methoxy groups -OCH3 is 1. The zero-order chi connectivity index (χ0) is 20.3. The van der Waals surface area contributed by atoms with Crippen molar-refractivity contribution in [3.05, 3.63) is 64.4 Å². The number of amides is 1. The maximum absolute atomic E-state index is 12.6. The number of ether oxygens (including phenoxy) is 2. The lowest BCUT2D eigenvalue weighted by Crippen LogP contribution is -2.13. The summed E-state index contributed by atoms with van der Waals surface area (Å²) in [6.07, 6.45) is -4.39. The lowest BCUT2D eigenvalue weighted by molar-refractivity contribution is -0.137. The number of benzene rings is 2. The Bertz CT molecular complexity index is 970. The molecular weight excluding hydrogens is 390 g/mol. The Kier molecular flexibility index (Phi) is 5.64. The summed E-state index contributed by atoms with van der Waals surface area (Å²) in [5.74, 6) is 0.638. The quantitative estimate of drug-likeness (QED) is 0.633. The van der Waals surface area contributed by atoms with E-state index in [1.165, 1.54) is 30.6 Å². The van der Waals surface area contributed by atoms with Gasteiger partial charge in [-0.25, -0.2) is 0 Å². The van der Waals surface area contributed by atoms with E-state index in [4.69, 9.17) is 17.3 Å². The van der Waals surface area contributed by atoms with Crippen LogP contribution in [-0.4, -0.2) is 20.9 Å². The predicted octanol–water partition coefficient (Wildman–Crippen LogP) is 4.61. The van der Waals surface area contributed by atoms with Crippen LogP contribution < -0.4 is 20.3 Å². The van der Waals surface area contributed by atoms with Crippen LogP contribution in [0.15, 0.2) is 53.9 Å². The van der Waals surface area contributed by atoms with Gasteiger partial charge in [0.1, 0.15) is 30.0 Å². The fourth-order valence-electron chi connectivity index (χ4n) is 2.37. The van der Waals surface area contributed by atoms with Crippen LogP contribution >= 0.6 is 11.3 Å². The Morgan fingerprint density at radius 3 is 2.14 bits per heavy atom. The van der Waals surface area contributed by atoms with Crippen LogP contribution in [-0.2, 0) is 6.18 Å². The van der Waals surface area contributed by atoms with Gasteiger partial charge in [0.15, 0.2) is 0 Å². The molecule has 28 heavy (non-hydrogen) atoms. The second kappa shape index (κ2) is 7.98. The van der Waals surface area contributed by atoms with E-state index in [9.17, 15) is 18.0 Å². The molecule has 1 aromatic heterocycles. The Labute approximate surface area is 164 Å². The normalized spacial score (nSPS) is 11.1. The summed E-state index contributed by atoms with van der Waals surface area (Å²) < 4.78 is 48.4. The SMILES string of the molecule is [B]c1csc(C(=O)Nc2ccc(Oc3ccc(C(F)(F)F)cc3)cc2)c1OC. The monoisotopic (exact) mass is 403 g/mol. The van der Waals surface area contributed by atoms with Gasteiger partial charge in [-0.3, -0.25) is 4.79 Å². The fraction of sp³-hybridized carbons (Fsp3) is 0.105. The third-order valence-electron chi connectivity index (χ3n) is 3.71. The number of hydrogen-bond acceptors (Lipinski definition) is 4. The Morgan fingerprint density at radius 2 is 1.61 bits per heavy atom. The smallest absolute Gasteiger partial charge is 0.416 e. The van der Waals surface area contributed by atoms with Crippen molar-refractivity contribution in [2.24, 2.45) is 0 Å². The van der Waals surface area contributed by atoms with Crippen LogP contribution in [0.5, 0.6) is 17.2 Å². The molecule has 1 N–H and O–H groups in total. The molecule has 4 nitrogen and oxygen atoms in total. The van der Waals surface area contributed by atoms with Crippen molar-refractivity contribution < 1.29 is 27.4 Å². The number of nitrogens with one attached hydrogen (secondary N) is 1. The van der Waals surface area contributed by atoms with E-state index in [2.05, 4.69) is 5.32 Å². The minimum Gasteiger partial charge on any atom is -0.496 e. The molecule has 0 saturated carbocycles. The Hall–Kier alpha value is -2.94. The molecule has 0 atom stereocenters. The lowest BCUT2D eigenvalue weighted by Gasteiger charge is -2.10. The van der Waals surface area contributed by atoms with Crippen molar-refractivity contribution in [2.75, 3.05) is 12.4 Å². The first-order valence-corrected chi connectivity index (χ1v) is 8.83. The maximum Gasteiger partial charge on any atom is 0.416 e. The summed E-state index contributed by atoms with van der Waals surface area (Å²) >= 11 is 1.17. The van der Waals surface area contributed by atoms with Crippen molar-refractivity contribution >= 4 is 36.2 Å². The molecule has 9 heteroatoms. The second-order valence-corrected chi connectivity index (χ2v) is 6.54. The summed E-state index contributed by atoms with van der Waals surface area (Å²) in [4.78, 5) is 12.7. The number of anilines is 1. The first-order chi connectivity index (χ1) is 13.3. The molecule has 0 aliphatic heterocycles. The standard InChI is InChI=1S/C19H13BF3NO3S/c1-26-16-15(20)10-28-17(16)18(25)24-12-4-8-14(9-5-12)27-13-6-2-11(3-7-13)19(21,22)23/h2-10H,1H3,(H,24,25). The van der Waals surface area contributed by atoms with Gasteiger partial charge < -0.3 is 14.8 Å². The fourth-order valence-corrected chi connectivity index (χ4v) is 3.19. The molecule has 0 unspecified atom stereocenters. The third-order valence-corrected chi connectivity index (χ3v) is 4.69. The van der Waals surface area contributed by atoms with Crippen LogP contribution in [0.2, 0.25) is 0 Å². The molecule has 0 aliphatic rings. The van der Waals surface area contributed by atoms with Gasteiger partial charge in [0, 0.05) is 5.69 Å². The molecule has 1 amide bonds. The first-order valence-electron chi connectivity index (χ1n) is 7.95. The van der Waals surface area contributed by atoms with Crippen LogP contribution in [0, 0.1) is 0 Å². The highest BCUT2D eigenvalue weighted by molar-refractivity contribution is 7.13. The minimum absolute atomic E-state index is 0.267. The van der Waals surface area contributed by atoms with Gasteiger partial charge in [0.05, 0.1) is 12.7 Å². The van der Waals surface area contributed by atoms with Crippen molar-refractivity contribution in [3.63, 3.8) is 0 Å². The summed E-state index contributed by atoms with van der Waals surface area (Å²) in [6.45, 7) is 0. The topological polar surface area (TPSA) is 47.6 Å². The highest BCUT2D eigenvalue weighted by atomic mass is 32.1. The molecule has 3 aromatic rings. The molecule has 0 fully saturated rings. The Morgan fingerprint density at radius 1 is 1.04 bits per heavy atom. The summed E-state index contributed by atoms with van der Waals surface area (Å²) in [7, 11) is 7.17. The van der Waals surface area contributed by atoms with Crippen molar-refractivity contribution in [3.8, 4) is 17.2 Å². The molecular formula is C19H13BF3NO3S. The first kappa shape index (κ1) is 19.8. The van der Waals surface area contributed by atoms with Gasteiger partial charge in [0.25, 0.3) is 5.91 Å². The highest BCUT2D eigenvalue weighted by Gasteiger charge is 2.30. The number of halogens is 3. The van der Waals surface area contributed by atoms with Crippen molar-refractivity contribution in [1.29, 1.82) is 0 Å². The van der Waals surface area contributed by atoms with Gasteiger partial charge in [-0.2, -0.15) is 13.2 Å². The van der Waals surface area contributed by atoms with E-state index in [1.54, 1.807) is 29.6 Å². The summed E-state index contributed by atoms with van der Waals surface area (Å²) in [6, 6.07) is 10.8. The molecule has 2 radical (unpaired) electrons. The van der Waals surface area contributed by atoms with Gasteiger partial charge in [-0.05, 0) is 59.4 Å². The van der Waals surface area contributed by atoms with Crippen molar-refractivity contribution in [1.82, 2.24) is 0 Å².